The lowest BCUT2D eigenvalue weighted by Gasteiger charge is -1.99. The van der Waals surface area contributed by atoms with E-state index in [2.05, 4.69) is 12.2 Å². The van der Waals surface area contributed by atoms with Gasteiger partial charge in [-0.3, -0.25) is 0 Å². The van der Waals surface area contributed by atoms with Crippen molar-refractivity contribution in [3.8, 4) is 0 Å². The van der Waals surface area contributed by atoms with Crippen LogP contribution in [-0.4, -0.2) is 0 Å². The Morgan fingerprint density at radius 3 is 2.67 bits per heavy atom. The third-order valence-corrected chi connectivity index (χ3v) is 2.87. The fourth-order valence-electron chi connectivity index (χ4n) is 2.01. The number of aryl methyl sites for hydroxylation is 1. The molecule has 0 saturated heterocycles. The van der Waals surface area contributed by atoms with Crippen LogP contribution in [0.2, 0.25) is 0 Å². The average Bonchev–Trinajstić information content (AvgIpc) is 2.96. The van der Waals surface area contributed by atoms with E-state index in [0.717, 1.165) is 16.2 Å². The van der Waals surface area contributed by atoms with E-state index in [-0.39, 0.29) is 5.63 Å². The first-order chi connectivity index (χ1) is 7.24. The third kappa shape index (κ3) is 1.76. The van der Waals surface area contributed by atoms with Gasteiger partial charge in [0, 0.05) is 11.3 Å². The van der Waals surface area contributed by atoms with Crippen LogP contribution in [0.15, 0.2) is 15.3 Å². The molecule has 2 heteroatoms. The van der Waals surface area contributed by atoms with Crippen LogP contribution in [0.1, 0.15) is 25.8 Å². The molecule has 0 aliphatic heterocycles. The van der Waals surface area contributed by atoms with Crippen LogP contribution >= 0.6 is 0 Å². The molecule has 0 amide bonds. The van der Waals surface area contributed by atoms with Crippen molar-refractivity contribution in [2.24, 2.45) is 11.8 Å². The number of fused-ring (bicyclic) bond motifs is 2. The molecule has 1 aromatic rings. The number of rotatable bonds is 0. The van der Waals surface area contributed by atoms with Crippen molar-refractivity contribution in [3.63, 3.8) is 0 Å². The Morgan fingerprint density at radius 1 is 1.27 bits per heavy atom. The second-order valence-electron chi connectivity index (χ2n) is 3.92. The molecule has 3 rings (SSSR count). The Kier molecular flexibility index (Phi) is 2.51. The SMILES string of the molecule is CC.Cc1cc(=O)oc2c1=CC1CC1C=2. The van der Waals surface area contributed by atoms with E-state index in [1.165, 1.54) is 6.42 Å². The summed E-state index contributed by atoms with van der Waals surface area (Å²) in [5.74, 6) is 1.34. The predicted octanol–water partition coefficient (Wildman–Crippen LogP) is 1.19. The van der Waals surface area contributed by atoms with E-state index >= 15 is 0 Å². The lowest BCUT2D eigenvalue weighted by atomic mass is 10.1. The summed E-state index contributed by atoms with van der Waals surface area (Å²) in [5.41, 5.74) is 1.58. The normalized spacial score (nSPS) is 24.7. The van der Waals surface area contributed by atoms with Gasteiger partial charge in [-0.1, -0.05) is 19.9 Å². The molecule has 15 heavy (non-hydrogen) atoms. The van der Waals surface area contributed by atoms with Crippen molar-refractivity contribution >= 4 is 12.2 Å². The van der Waals surface area contributed by atoms with Crippen LogP contribution in [0.25, 0.3) is 12.2 Å². The van der Waals surface area contributed by atoms with E-state index in [1.807, 2.05) is 20.8 Å². The lowest BCUT2D eigenvalue weighted by Crippen LogP contribution is -2.33. The highest BCUT2D eigenvalue weighted by Gasteiger charge is 2.35. The van der Waals surface area contributed by atoms with Crippen molar-refractivity contribution in [1.29, 1.82) is 0 Å². The van der Waals surface area contributed by atoms with Crippen LogP contribution < -0.4 is 16.3 Å². The molecule has 1 aromatic heterocycles. The van der Waals surface area contributed by atoms with Crippen molar-refractivity contribution in [1.82, 2.24) is 0 Å². The van der Waals surface area contributed by atoms with Crippen LogP contribution in [0, 0.1) is 18.8 Å². The number of hydrogen-bond acceptors (Lipinski definition) is 2. The average molecular weight is 204 g/mol. The molecule has 1 fully saturated rings. The molecule has 2 aliphatic rings. The maximum absolute atomic E-state index is 11.1. The lowest BCUT2D eigenvalue weighted by molar-refractivity contribution is 0.468. The summed E-state index contributed by atoms with van der Waals surface area (Å²) >= 11 is 0. The first kappa shape index (κ1) is 10.2. The van der Waals surface area contributed by atoms with E-state index in [1.54, 1.807) is 6.07 Å². The zero-order valence-electron chi connectivity index (χ0n) is 9.41. The van der Waals surface area contributed by atoms with Gasteiger partial charge in [0.1, 0.15) is 5.42 Å². The largest absolute Gasteiger partial charge is 0.423 e. The van der Waals surface area contributed by atoms with Crippen molar-refractivity contribution in [3.05, 3.63) is 32.7 Å². The fourth-order valence-corrected chi connectivity index (χ4v) is 2.01. The molecule has 0 N–H and O–H groups in total. The molecule has 0 bridgehead atoms. The number of hydrogen-bond donors (Lipinski definition) is 0. The van der Waals surface area contributed by atoms with Gasteiger partial charge < -0.3 is 4.42 Å². The molecule has 0 spiro atoms. The van der Waals surface area contributed by atoms with Gasteiger partial charge in [-0.25, -0.2) is 4.79 Å². The van der Waals surface area contributed by atoms with Gasteiger partial charge in [0.15, 0.2) is 0 Å². The van der Waals surface area contributed by atoms with E-state index < -0.39 is 0 Å². The van der Waals surface area contributed by atoms with Crippen LogP contribution in [0.5, 0.6) is 0 Å². The summed E-state index contributed by atoms with van der Waals surface area (Å²) in [5, 5.41) is 1.12. The minimum atomic E-state index is -0.236. The van der Waals surface area contributed by atoms with Gasteiger partial charge in [-0.05, 0) is 36.8 Å². The van der Waals surface area contributed by atoms with Crippen LogP contribution in [0.4, 0.5) is 0 Å². The molecule has 2 atom stereocenters. The molecule has 1 saturated carbocycles. The molecule has 2 unspecified atom stereocenters. The minimum absolute atomic E-state index is 0.236. The van der Waals surface area contributed by atoms with Gasteiger partial charge in [0.25, 0.3) is 0 Å². The molecule has 2 aliphatic carbocycles. The summed E-state index contributed by atoms with van der Waals surface area (Å²) in [6, 6.07) is 1.56. The smallest absolute Gasteiger partial charge is 0.336 e. The quantitative estimate of drug-likeness (QED) is 0.635. The topological polar surface area (TPSA) is 30.2 Å². The van der Waals surface area contributed by atoms with Crippen LogP contribution in [0.3, 0.4) is 0 Å². The summed E-state index contributed by atoms with van der Waals surface area (Å²) < 4.78 is 5.14. The molecule has 0 aromatic carbocycles. The Hall–Kier alpha value is -1.31. The molecule has 1 heterocycles. The monoisotopic (exact) mass is 204 g/mol. The highest BCUT2D eigenvalue weighted by Crippen LogP contribution is 2.41. The summed E-state index contributed by atoms with van der Waals surface area (Å²) in [4.78, 5) is 11.1. The first-order valence-corrected chi connectivity index (χ1v) is 5.58. The van der Waals surface area contributed by atoms with Crippen molar-refractivity contribution < 1.29 is 4.42 Å². The predicted molar refractivity (Wildman–Crippen MR) is 60.8 cm³/mol. The maximum atomic E-state index is 11.1. The van der Waals surface area contributed by atoms with Gasteiger partial charge >= 0.3 is 5.63 Å². The summed E-state index contributed by atoms with van der Waals surface area (Å²) in [6.07, 6.45) is 5.55. The van der Waals surface area contributed by atoms with Gasteiger partial charge in [0.2, 0.25) is 0 Å². The van der Waals surface area contributed by atoms with Crippen molar-refractivity contribution in [2.75, 3.05) is 0 Å². The Bertz CT molecular complexity index is 537. The summed E-state index contributed by atoms with van der Waals surface area (Å²) in [7, 11) is 0. The maximum Gasteiger partial charge on any atom is 0.336 e. The minimum Gasteiger partial charge on any atom is -0.423 e. The van der Waals surface area contributed by atoms with E-state index in [9.17, 15) is 4.79 Å². The van der Waals surface area contributed by atoms with Crippen molar-refractivity contribution in [2.45, 2.75) is 27.2 Å². The van der Waals surface area contributed by atoms with Crippen LogP contribution in [-0.2, 0) is 0 Å². The molecule has 0 radical (unpaired) electrons. The highest BCUT2D eigenvalue weighted by atomic mass is 16.4. The highest BCUT2D eigenvalue weighted by molar-refractivity contribution is 5.48. The Morgan fingerprint density at radius 2 is 1.93 bits per heavy atom. The molecule has 80 valence electrons. The molecule has 2 nitrogen and oxygen atoms in total. The Balaban J connectivity index is 0.000000404. The Labute approximate surface area is 88.9 Å². The van der Waals surface area contributed by atoms with Gasteiger partial charge in [0.05, 0.1) is 0 Å². The standard InChI is InChI=1S/C11H10O2.C2H6/c1-6-2-11(12)13-10-5-8-3-7(8)4-9(6)10;1-2/h2,4-5,7-8H,3H2,1H3;1-2H3. The fraction of sp³-hybridized carbons (Fsp3) is 0.462. The summed E-state index contributed by atoms with van der Waals surface area (Å²) in [6.45, 7) is 5.96. The molecular formula is C13H16O2. The zero-order valence-corrected chi connectivity index (χ0v) is 9.41. The molecular weight excluding hydrogens is 188 g/mol. The van der Waals surface area contributed by atoms with E-state index in [4.69, 9.17) is 4.42 Å². The second kappa shape index (κ2) is 3.69. The van der Waals surface area contributed by atoms with Gasteiger partial charge in [-0.2, -0.15) is 0 Å². The first-order valence-electron chi connectivity index (χ1n) is 5.58. The van der Waals surface area contributed by atoms with E-state index in [0.29, 0.717) is 11.8 Å². The second-order valence-corrected chi connectivity index (χ2v) is 3.92. The van der Waals surface area contributed by atoms with Gasteiger partial charge in [-0.15, -0.1) is 0 Å². The zero-order chi connectivity index (χ0) is 11.0. The third-order valence-electron chi connectivity index (χ3n) is 2.87.